The Morgan fingerprint density at radius 1 is 1.06 bits per heavy atom. The number of unbranched alkanes of at least 4 members (excludes halogenated alkanes) is 3. The summed E-state index contributed by atoms with van der Waals surface area (Å²) >= 11 is 0. The highest BCUT2D eigenvalue weighted by Crippen LogP contribution is 2.34. The molecule has 2 aromatic carbocycles. The van der Waals surface area contributed by atoms with Gasteiger partial charge in [0.05, 0.1) is 22.6 Å². The minimum absolute atomic E-state index is 0.0866. The van der Waals surface area contributed by atoms with E-state index in [0.29, 0.717) is 23.3 Å². The van der Waals surface area contributed by atoms with E-state index < -0.39 is 0 Å². The smallest absolute Gasteiger partial charge is 0.266 e. The van der Waals surface area contributed by atoms with E-state index in [1.807, 2.05) is 48.2 Å². The molecule has 1 aromatic heterocycles. The predicted molar refractivity (Wildman–Crippen MR) is 134 cm³/mol. The van der Waals surface area contributed by atoms with Gasteiger partial charge in [0.2, 0.25) is 5.91 Å². The number of fused-ring (bicyclic) bond motifs is 1. The first-order chi connectivity index (χ1) is 16.0. The van der Waals surface area contributed by atoms with Gasteiger partial charge in [-0.3, -0.25) is 14.2 Å². The molecule has 1 aliphatic carbocycles. The molecule has 3 aromatic rings. The molecule has 0 N–H and O–H groups in total. The summed E-state index contributed by atoms with van der Waals surface area (Å²) in [4.78, 5) is 33.9. The molecule has 0 saturated heterocycles. The molecule has 5 heteroatoms. The molecule has 5 nitrogen and oxygen atoms in total. The molecule has 1 unspecified atom stereocenters. The molecule has 0 spiro atoms. The molecule has 0 aliphatic heterocycles. The Morgan fingerprint density at radius 2 is 1.79 bits per heavy atom. The number of rotatable bonds is 10. The van der Waals surface area contributed by atoms with Crippen LogP contribution in [0.1, 0.15) is 76.7 Å². The van der Waals surface area contributed by atoms with Crippen molar-refractivity contribution < 1.29 is 4.79 Å². The van der Waals surface area contributed by atoms with Gasteiger partial charge in [-0.05, 0) is 62.4 Å². The third-order valence-electron chi connectivity index (χ3n) is 6.71. The zero-order valence-electron chi connectivity index (χ0n) is 20.1. The Kier molecular flexibility index (Phi) is 7.26. The summed E-state index contributed by atoms with van der Waals surface area (Å²) in [6.45, 7) is 7.03. The average Bonchev–Trinajstić information content (AvgIpc) is 3.69. The first-order valence-electron chi connectivity index (χ1n) is 12.5. The third-order valence-corrected chi connectivity index (χ3v) is 6.71. The van der Waals surface area contributed by atoms with Gasteiger partial charge < -0.3 is 4.90 Å². The zero-order valence-corrected chi connectivity index (χ0v) is 20.1. The lowest BCUT2D eigenvalue weighted by atomic mass is 10.1. The van der Waals surface area contributed by atoms with Gasteiger partial charge in [-0.1, -0.05) is 57.4 Å². The largest absolute Gasteiger partial charge is 0.333 e. The number of hydrogen-bond acceptors (Lipinski definition) is 3. The minimum atomic E-state index is -0.289. The van der Waals surface area contributed by atoms with E-state index in [2.05, 4.69) is 26.0 Å². The number of nitrogens with zero attached hydrogens (tertiary/aromatic N) is 3. The highest BCUT2D eigenvalue weighted by atomic mass is 16.2. The van der Waals surface area contributed by atoms with Crippen LogP contribution in [0.2, 0.25) is 0 Å². The van der Waals surface area contributed by atoms with Crippen LogP contribution >= 0.6 is 0 Å². The van der Waals surface area contributed by atoms with Crippen molar-refractivity contribution in [1.29, 1.82) is 0 Å². The summed E-state index contributed by atoms with van der Waals surface area (Å²) < 4.78 is 1.71. The zero-order chi connectivity index (χ0) is 23.4. The van der Waals surface area contributed by atoms with Crippen molar-refractivity contribution in [3.63, 3.8) is 0 Å². The van der Waals surface area contributed by atoms with Gasteiger partial charge in [0.25, 0.3) is 5.56 Å². The SMILES string of the molecule is CCCCCCN(C(=O)C1CC1)C(C)c1nc2ccccc2c(=O)n1-c1ccc(CC)cc1. The van der Waals surface area contributed by atoms with Crippen LogP contribution in [0.15, 0.2) is 53.3 Å². The second kappa shape index (κ2) is 10.3. The van der Waals surface area contributed by atoms with E-state index in [4.69, 9.17) is 4.98 Å². The van der Waals surface area contributed by atoms with Crippen molar-refractivity contribution in [2.45, 2.75) is 71.8 Å². The van der Waals surface area contributed by atoms with Crippen LogP contribution in [0.3, 0.4) is 0 Å². The fourth-order valence-electron chi connectivity index (χ4n) is 4.47. The number of carbonyl (C=O) groups excluding carboxylic acids is 1. The topological polar surface area (TPSA) is 55.2 Å². The van der Waals surface area contributed by atoms with Crippen LogP contribution in [0.4, 0.5) is 0 Å². The summed E-state index contributed by atoms with van der Waals surface area (Å²) in [5.74, 6) is 0.963. The van der Waals surface area contributed by atoms with E-state index in [0.717, 1.165) is 44.2 Å². The van der Waals surface area contributed by atoms with Gasteiger partial charge in [-0.25, -0.2) is 4.98 Å². The van der Waals surface area contributed by atoms with Gasteiger partial charge in [-0.15, -0.1) is 0 Å². The summed E-state index contributed by atoms with van der Waals surface area (Å²) in [6, 6.07) is 15.3. The Hall–Kier alpha value is -2.95. The van der Waals surface area contributed by atoms with E-state index in [1.165, 1.54) is 12.0 Å². The highest BCUT2D eigenvalue weighted by Gasteiger charge is 2.36. The Bertz CT molecular complexity index is 1160. The average molecular weight is 446 g/mol. The number of para-hydroxylation sites is 1. The lowest BCUT2D eigenvalue weighted by molar-refractivity contribution is -0.135. The Balaban J connectivity index is 1.80. The van der Waals surface area contributed by atoms with Crippen LogP contribution in [-0.2, 0) is 11.2 Å². The number of aryl methyl sites for hydroxylation is 1. The van der Waals surface area contributed by atoms with Crippen molar-refractivity contribution in [2.75, 3.05) is 6.54 Å². The number of benzene rings is 2. The van der Waals surface area contributed by atoms with E-state index in [9.17, 15) is 9.59 Å². The van der Waals surface area contributed by atoms with Gasteiger partial charge in [0.1, 0.15) is 5.82 Å². The van der Waals surface area contributed by atoms with E-state index >= 15 is 0 Å². The van der Waals surface area contributed by atoms with Gasteiger partial charge in [-0.2, -0.15) is 0 Å². The van der Waals surface area contributed by atoms with Crippen molar-refractivity contribution in [2.24, 2.45) is 5.92 Å². The number of aromatic nitrogens is 2. The molecule has 0 radical (unpaired) electrons. The number of amides is 1. The maximum absolute atomic E-state index is 13.7. The Labute approximate surface area is 196 Å². The monoisotopic (exact) mass is 445 g/mol. The van der Waals surface area contributed by atoms with Gasteiger partial charge >= 0.3 is 0 Å². The predicted octanol–water partition coefficient (Wildman–Crippen LogP) is 5.83. The van der Waals surface area contributed by atoms with Crippen molar-refractivity contribution >= 4 is 16.8 Å². The second-order valence-electron chi connectivity index (χ2n) is 9.19. The number of hydrogen-bond donors (Lipinski definition) is 0. The summed E-state index contributed by atoms with van der Waals surface area (Å²) in [6.07, 6.45) is 7.28. The van der Waals surface area contributed by atoms with Crippen LogP contribution in [0, 0.1) is 5.92 Å². The molecule has 1 heterocycles. The normalized spacial score (nSPS) is 14.4. The highest BCUT2D eigenvalue weighted by molar-refractivity contribution is 5.82. The third kappa shape index (κ3) is 5.02. The second-order valence-corrected chi connectivity index (χ2v) is 9.19. The lowest BCUT2D eigenvalue weighted by Gasteiger charge is -2.31. The molecule has 1 aliphatic rings. The van der Waals surface area contributed by atoms with Crippen molar-refractivity contribution in [1.82, 2.24) is 14.5 Å². The quantitative estimate of drug-likeness (QED) is 0.369. The fraction of sp³-hybridized carbons (Fsp3) is 0.464. The van der Waals surface area contributed by atoms with E-state index in [1.54, 1.807) is 4.57 Å². The van der Waals surface area contributed by atoms with Crippen LogP contribution in [0.25, 0.3) is 16.6 Å². The van der Waals surface area contributed by atoms with Crippen molar-refractivity contribution in [3.05, 3.63) is 70.3 Å². The van der Waals surface area contributed by atoms with Crippen molar-refractivity contribution in [3.8, 4) is 5.69 Å². The maximum Gasteiger partial charge on any atom is 0.266 e. The van der Waals surface area contributed by atoms with E-state index in [-0.39, 0.29) is 23.4 Å². The minimum Gasteiger partial charge on any atom is -0.333 e. The Morgan fingerprint density at radius 3 is 2.45 bits per heavy atom. The number of carbonyl (C=O) groups is 1. The molecule has 1 amide bonds. The first kappa shape index (κ1) is 23.2. The van der Waals surface area contributed by atoms with Gasteiger partial charge in [0.15, 0.2) is 0 Å². The summed E-state index contributed by atoms with van der Waals surface area (Å²) in [5.41, 5.74) is 2.60. The van der Waals surface area contributed by atoms with Crippen LogP contribution in [0.5, 0.6) is 0 Å². The lowest BCUT2D eigenvalue weighted by Crippen LogP contribution is -2.39. The van der Waals surface area contributed by atoms with Gasteiger partial charge in [0, 0.05) is 12.5 Å². The first-order valence-corrected chi connectivity index (χ1v) is 12.5. The molecule has 1 atom stereocenters. The molecular weight excluding hydrogens is 410 g/mol. The molecule has 1 fully saturated rings. The standard InChI is InChI=1S/C28H35N3O2/c1-4-6-7-10-19-30(27(32)22-15-16-22)20(3)26-29-25-12-9-8-11-24(25)28(33)31(26)23-17-13-21(5-2)14-18-23/h8-9,11-14,17-18,20,22H,4-7,10,15-16,19H2,1-3H3. The molecule has 4 rings (SSSR count). The molecule has 0 bridgehead atoms. The van der Waals surface area contributed by atoms with Crippen LogP contribution in [-0.4, -0.2) is 26.9 Å². The molecular formula is C28H35N3O2. The molecule has 174 valence electrons. The summed E-state index contributed by atoms with van der Waals surface area (Å²) in [5, 5.41) is 0.594. The molecule has 33 heavy (non-hydrogen) atoms. The fourth-order valence-corrected chi connectivity index (χ4v) is 4.47. The van der Waals surface area contributed by atoms with Crippen LogP contribution < -0.4 is 5.56 Å². The maximum atomic E-state index is 13.7. The molecule has 1 saturated carbocycles. The summed E-state index contributed by atoms with van der Waals surface area (Å²) in [7, 11) is 0.